The lowest BCUT2D eigenvalue weighted by Crippen LogP contribution is -2.34. The molecule has 0 spiro atoms. The Balaban J connectivity index is 1.63. The summed E-state index contributed by atoms with van der Waals surface area (Å²) in [5.41, 5.74) is 1.06. The molecule has 110 valence electrons. The third kappa shape index (κ3) is 2.22. The van der Waals surface area contributed by atoms with Gasteiger partial charge in [-0.2, -0.15) is 5.10 Å². The maximum Gasteiger partial charge on any atom is 0.199 e. The minimum atomic E-state index is 0.739. The van der Waals surface area contributed by atoms with Gasteiger partial charge in [-0.15, -0.1) is 0 Å². The number of rotatable bonds is 3. The Labute approximate surface area is 129 Å². The second kappa shape index (κ2) is 5.03. The van der Waals surface area contributed by atoms with E-state index in [1.54, 1.807) is 12.4 Å². The SMILES string of the molecule is Cn1c(-c2ccncc2)nn(CN2CC3CCC2C3)c1=S. The molecular weight excluding hydrogens is 282 g/mol. The van der Waals surface area contributed by atoms with E-state index in [2.05, 4.69) is 9.88 Å². The van der Waals surface area contributed by atoms with Gasteiger partial charge in [-0.3, -0.25) is 9.88 Å². The fourth-order valence-corrected chi connectivity index (χ4v) is 3.89. The van der Waals surface area contributed by atoms with Crippen molar-refractivity contribution in [1.29, 1.82) is 0 Å². The van der Waals surface area contributed by atoms with Crippen LogP contribution in [0.4, 0.5) is 0 Å². The van der Waals surface area contributed by atoms with Crippen LogP contribution >= 0.6 is 12.2 Å². The van der Waals surface area contributed by atoms with Gasteiger partial charge < -0.3 is 4.57 Å². The van der Waals surface area contributed by atoms with E-state index in [1.165, 1.54) is 25.8 Å². The topological polar surface area (TPSA) is 38.9 Å². The minimum absolute atomic E-state index is 0.739. The molecule has 2 bridgehead atoms. The highest BCUT2D eigenvalue weighted by Gasteiger charge is 2.37. The summed E-state index contributed by atoms with van der Waals surface area (Å²) in [7, 11) is 1.98. The van der Waals surface area contributed by atoms with E-state index in [-0.39, 0.29) is 0 Å². The lowest BCUT2D eigenvalue weighted by atomic mass is 10.1. The van der Waals surface area contributed by atoms with Crippen molar-refractivity contribution in [2.24, 2.45) is 13.0 Å². The molecule has 3 heterocycles. The second-order valence-electron chi connectivity index (χ2n) is 6.15. The van der Waals surface area contributed by atoms with Crippen LogP contribution in [0.15, 0.2) is 24.5 Å². The van der Waals surface area contributed by atoms with Gasteiger partial charge in [-0.25, -0.2) is 4.68 Å². The van der Waals surface area contributed by atoms with E-state index in [0.29, 0.717) is 0 Å². The Morgan fingerprint density at radius 2 is 2.10 bits per heavy atom. The van der Waals surface area contributed by atoms with Crippen LogP contribution in [0.25, 0.3) is 11.4 Å². The van der Waals surface area contributed by atoms with Crippen molar-refractivity contribution in [2.45, 2.75) is 32.0 Å². The van der Waals surface area contributed by atoms with Crippen LogP contribution in [0.1, 0.15) is 19.3 Å². The molecule has 21 heavy (non-hydrogen) atoms. The molecular formula is C15H19N5S. The Morgan fingerprint density at radius 3 is 2.76 bits per heavy atom. The Bertz CT molecular complexity index is 705. The minimum Gasteiger partial charge on any atom is -0.303 e. The Morgan fingerprint density at radius 1 is 1.29 bits per heavy atom. The van der Waals surface area contributed by atoms with E-state index in [1.807, 2.05) is 28.4 Å². The van der Waals surface area contributed by atoms with Crippen LogP contribution in [-0.4, -0.2) is 36.8 Å². The highest BCUT2D eigenvalue weighted by molar-refractivity contribution is 7.71. The van der Waals surface area contributed by atoms with Crippen molar-refractivity contribution in [1.82, 2.24) is 24.2 Å². The third-order valence-corrected chi connectivity index (χ3v) is 5.30. The van der Waals surface area contributed by atoms with Gasteiger partial charge in [0.1, 0.15) is 0 Å². The maximum absolute atomic E-state index is 5.56. The van der Waals surface area contributed by atoms with Crippen LogP contribution in [0, 0.1) is 10.7 Å². The zero-order chi connectivity index (χ0) is 14.4. The summed E-state index contributed by atoms with van der Waals surface area (Å²) >= 11 is 5.56. The predicted molar refractivity (Wildman–Crippen MR) is 83.1 cm³/mol. The first-order valence-corrected chi connectivity index (χ1v) is 7.91. The molecule has 5 nitrogen and oxygen atoms in total. The van der Waals surface area contributed by atoms with Gasteiger partial charge in [-0.1, -0.05) is 0 Å². The summed E-state index contributed by atoms with van der Waals surface area (Å²) < 4.78 is 4.73. The number of pyridine rings is 1. The molecule has 0 aromatic carbocycles. The van der Waals surface area contributed by atoms with Crippen molar-refractivity contribution in [3.8, 4) is 11.4 Å². The first-order valence-electron chi connectivity index (χ1n) is 7.50. The van der Waals surface area contributed by atoms with Crippen molar-refractivity contribution in [3.05, 3.63) is 29.3 Å². The van der Waals surface area contributed by atoms with Gasteiger partial charge in [0.15, 0.2) is 10.6 Å². The first kappa shape index (κ1) is 13.2. The van der Waals surface area contributed by atoms with E-state index in [0.717, 1.165) is 34.8 Å². The molecule has 2 unspecified atom stereocenters. The number of fused-ring (bicyclic) bond motifs is 2. The quantitative estimate of drug-likeness (QED) is 0.816. The van der Waals surface area contributed by atoms with Gasteiger partial charge in [0.05, 0.1) is 6.67 Å². The van der Waals surface area contributed by atoms with Crippen LogP contribution < -0.4 is 0 Å². The first-order chi connectivity index (χ1) is 10.2. The summed E-state index contributed by atoms with van der Waals surface area (Å²) in [5.74, 6) is 1.80. The summed E-state index contributed by atoms with van der Waals surface area (Å²) in [6.07, 6.45) is 7.67. The van der Waals surface area contributed by atoms with Gasteiger partial charge in [-0.05, 0) is 49.5 Å². The second-order valence-corrected chi connectivity index (χ2v) is 6.51. The molecule has 2 aliphatic rings. The van der Waals surface area contributed by atoms with Crippen molar-refractivity contribution in [3.63, 3.8) is 0 Å². The number of hydrogen-bond donors (Lipinski definition) is 0. The molecule has 6 heteroatoms. The molecule has 1 aliphatic carbocycles. The van der Waals surface area contributed by atoms with E-state index >= 15 is 0 Å². The van der Waals surface area contributed by atoms with Gasteiger partial charge in [0, 0.05) is 37.6 Å². The summed E-state index contributed by atoms with van der Waals surface area (Å²) in [6, 6.07) is 4.68. The molecule has 0 amide bonds. The molecule has 1 saturated carbocycles. The molecule has 1 aliphatic heterocycles. The summed E-state index contributed by atoms with van der Waals surface area (Å²) in [4.78, 5) is 6.60. The van der Waals surface area contributed by atoms with Gasteiger partial charge >= 0.3 is 0 Å². The molecule has 1 saturated heterocycles. The van der Waals surface area contributed by atoms with Crippen molar-refractivity contribution < 1.29 is 0 Å². The van der Waals surface area contributed by atoms with Crippen LogP contribution in [0.5, 0.6) is 0 Å². The number of hydrogen-bond acceptors (Lipinski definition) is 4. The lowest BCUT2D eigenvalue weighted by Gasteiger charge is -2.26. The Hall–Kier alpha value is -1.53. The molecule has 2 fully saturated rings. The highest BCUT2D eigenvalue weighted by Crippen LogP contribution is 2.37. The van der Waals surface area contributed by atoms with E-state index in [4.69, 9.17) is 17.3 Å². The van der Waals surface area contributed by atoms with Crippen molar-refractivity contribution >= 4 is 12.2 Å². The van der Waals surface area contributed by atoms with Gasteiger partial charge in [0.2, 0.25) is 0 Å². The highest BCUT2D eigenvalue weighted by atomic mass is 32.1. The molecule has 0 N–H and O–H groups in total. The smallest absolute Gasteiger partial charge is 0.199 e. The van der Waals surface area contributed by atoms with E-state index < -0.39 is 0 Å². The number of likely N-dealkylation sites (tertiary alicyclic amines) is 1. The molecule has 2 aromatic rings. The average Bonchev–Trinajstić information content (AvgIpc) is 3.19. The predicted octanol–water partition coefficient (Wildman–Crippen LogP) is 2.45. The van der Waals surface area contributed by atoms with Gasteiger partial charge in [0.25, 0.3) is 0 Å². The zero-order valence-electron chi connectivity index (χ0n) is 12.1. The standard InChI is InChI=1S/C15H19N5S/c1-18-14(12-4-6-16-7-5-12)17-20(15(18)21)10-19-9-11-2-3-13(19)8-11/h4-7,11,13H,2-3,8-10H2,1H3. The normalized spacial score (nSPS) is 24.8. The fraction of sp³-hybridized carbons (Fsp3) is 0.533. The largest absolute Gasteiger partial charge is 0.303 e. The monoisotopic (exact) mass is 301 g/mol. The number of piperidine rings is 1. The van der Waals surface area contributed by atoms with Crippen molar-refractivity contribution in [2.75, 3.05) is 6.54 Å². The number of aromatic nitrogens is 4. The molecule has 2 atom stereocenters. The van der Waals surface area contributed by atoms with Crippen LogP contribution in [-0.2, 0) is 13.7 Å². The van der Waals surface area contributed by atoms with E-state index in [9.17, 15) is 0 Å². The summed E-state index contributed by atoms with van der Waals surface area (Å²) in [6.45, 7) is 2.02. The number of nitrogens with zero attached hydrogens (tertiary/aromatic N) is 5. The van der Waals surface area contributed by atoms with Crippen LogP contribution in [0.2, 0.25) is 0 Å². The molecule has 0 radical (unpaired) electrons. The lowest BCUT2D eigenvalue weighted by molar-refractivity contribution is 0.158. The zero-order valence-corrected chi connectivity index (χ0v) is 13.0. The molecule has 4 rings (SSSR count). The Kier molecular flexibility index (Phi) is 3.15. The molecule has 2 aromatic heterocycles. The fourth-order valence-electron chi connectivity index (χ4n) is 3.70. The van der Waals surface area contributed by atoms with Crippen LogP contribution in [0.3, 0.4) is 0 Å². The summed E-state index contributed by atoms with van der Waals surface area (Å²) in [5, 5.41) is 4.73. The maximum atomic E-state index is 5.56. The third-order valence-electron chi connectivity index (χ3n) is 4.82. The average molecular weight is 301 g/mol.